The third-order valence-electron chi connectivity index (χ3n) is 5.96. The van der Waals surface area contributed by atoms with Crippen molar-refractivity contribution >= 4 is 11.9 Å². The summed E-state index contributed by atoms with van der Waals surface area (Å²) in [4.78, 5) is 21.6. The molecule has 7 heteroatoms. The van der Waals surface area contributed by atoms with Gasteiger partial charge in [0.2, 0.25) is 0 Å². The van der Waals surface area contributed by atoms with E-state index in [1.165, 1.54) is 0 Å². The minimum Gasteiger partial charge on any atom is -0.481 e. The summed E-state index contributed by atoms with van der Waals surface area (Å²) in [5.74, 6) is -1.94. The van der Waals surface area contributed by atoms with Crippen molar-refractivity contribution in [2.75, 3.05) is 19.7 Å². The fourth-order valence-corrected chi connectivity index (χ4v) is 3.07. The zero-order chi connectivity index (χ0) is 19.3. The maximum absolute atomic E-state index is 10.7. The predicted octanol–water partition coefficient (Wildman–Crippen LogP) is 1.42. The van der Waals surface area contributed by atoms with Crippen molar-refractivity contribution in [1.82, 2.24) is 4.90 Å². The van der Waals surface area contributed by atoms with Crippen LogP contribution in [0.2, 0.25) is 0 Å². The molecule has 1 fully saturated rings. The Balaban J connectivity index is 0.000000561. The van der Waals surface area contributed by atoms with Crippen molar-refractivity contribution in [1.29, 1.82) is 0 Å². The Bertz CT molecular complexity index is 430. The number of piperidine rings is 1. The van der Waals surface area contributed by atoms with Crippen LogP contribution >= 0.6 is 0 Å². The summed E-state index contributed by atoms with van der Waals surface area (Å²) in [7, 11) is 0. The fourth-order valence-electron chi connectivity index (χ4n) is 3.07. The molecule has 1 rings (SSSR count). The zero-order valence-corrected chi connectivity index (χ0v) is 15.7. The number of aliphatic hydroxyl groups excluding tert-OH is 1. The molecule has 0 saturated carbocycles. The van der Waals surface area contributed by atoms with Crippen LogP contribution in [0.4, 0.5) is 0 Å². The number of likely N-dealkylation sites (tertiary alicyclic amines) is 1. The highest BCUT2D eigenvalue weighted by atomic mass is 16.4. The predicted molar refractivity (Wildman–Crippen MR) is 90.8 cm³/mol. The van der Waals surface area contributed by atoms with Crippen LogP contribution in [-0.4, -0.2) is 68.1 Å². The van der Waals surface area contributed by atoms with Gasteiger partial charge in [0.1, 0.15) is 0 Å². The van der Waals surface area contributed by atoms with Crippen molar-refractivity contribution in [2.45, 2.75) is 65.5 Å². The lowest BCUT2D eigenvalue weighted by atomic mass is 9.56. The van der Waals surface area contributed by atoms with Gasteiger partial charge in [-0.05, 0) is 26.7 Å². The fraction of sp³-hybridized carbons (Fsp3) is 0.882. The van der Waals surface area contributed by atoms with E-state index in [4.69, 9.17) is 15.3 Å². The Morgan fingerprint density at radius 1 is 1.04 bits per heavy atom. The molecule has 4 N–H and O–H groups in total. The Hall–Kier alpha value is -1.18. The molecule has 0 amide bonds. The average Bonchev–Trinajstić information content (AvgIpc) is 2.43. The second-order valence-corrected chi connectivity index (χ2v) is 7.69. The van der Waals surface area contributed by atoms with E-state index in [9.17, 15) is 14.7 Å². The second-order valence-electron chi connectivity index (χ2n) is 7.69. The van der Waals surface area contributed by atoms with Gasteiger partial charge in [-0.3, -0.25) is 14.5 Å². The lowest BCUT2D eigenvalue weighted by Gasteiger charge is -2.62. The van der Waals surface area contributed by atoms with E-state index in [-0.39, 0.29) is 36.3 Å². The summed E-state index contributed by atoms with van der Waals surface area (Å²) in [5, 5.41) is 35.6. The third-order valence-corrected chi connectivity index (χ3v) is 5.96. The zero-order valence-electron chi connectivity index (χ0n) is 15.7. The summed E-state index contributed by atoms with van der Waals surface area (Å²) in [6, 6.07) is 0. The minimum atomic E-state index is -1.08. The first kappa shape index (κ1) is 22.8. The molecule has 2 atom stereocenters. The highest BCUT2D eigenvalue weighted by molar-refractivity contribution is 5.75. The van der Waals surface area contributed by atoms with E-state index in [0.717, 1.165) is 6.54 Å². The van der Waals surface area contributed by atoms with Crippen LogP contribution in [0.15, 0.2) is 0 Å². The average molecular weight is 347 g/mol. The van der Waals surface area contributed by atoms with Gasteiger partial charge in [-0.15, -0.1) is 0 Å². The number of hydrogen-bond donors (Lipinski definition) is 4. The number of aliphatic carboxylic acids is 2. The summed E-state index contributed by atoms with van der Waals surface area (Å²) in [6.45, 7) is 14.3. The number of rotatable bonds is 5. The highest BCUT2D eigenvalue weighted by Crippen LogP contribution is 2.51. The van der Waals surface area contributed by atoms with Gasteiger partial charge in [0.15, 0.2) is 0 Å². The van der Waals surface area contributed by atoms with Crippen LogP contribution in [0.1, 0.15) is 54.4 Å². The van der Waals surface area contributed by atoms with Crippen LogP contribution < -0.4 is 0 Å². The van der Waals surface area contributed by atoms with Crippen molar-refractivity contribution in [2.24, 2.45) is 11.3 Å². The van der Waals surface area contributed by atoms with Crippen molar-refractivity contribution in [3.8, 4) is 0 Å². The summed E-state index contributed by atoms with van der Waals surface area (Å²) in [6.07, 6.45) is -0.593. The van der Waals surface area contributed by atoms with E-state index >= 15 is 0 Å². The van der Waals surface area contributed by atoms with Crippen LogP contribution in [0, 0.1) is 11.3 Å². The van der Waals surface area contributed by atoms with E-state index in [2.05, 4.69) is 39.5 Å². The van der Waals surface area contributed by atoms with Gasteiger partial charge in [0.05, 0.1) is 25.0 Å². The van der Waals surface area contributed by atoms with Gasteiger partial charge in [-0.25, -0.2) is 0 Å². The summed E-state index contributed by atoms with van der Waals surface area (Å²) in [5.41, 5.74) is -1.01. The lowest BCUT2D eigenvalue weighted by Crippen LogP contribution is -2.70. The molecular formula is C17H33NO6. The Kier molecular flexibility index (Phi) is 7.86. The summed E-state index contributed by atoms with van der Waals surface area (Å²) >= 11 is 0. The molecule has 0 spiro atoms. The first-order valence-electron chi connectivity index (χ1n) is 8.23. The van der Waals surface area contributed by atoms with Crippen molar-refractivity contribution in [3.63, 3.8) is 0 Å². The molecule has 0 aromatic heterocycles. The van der Waals surface area contributed by atoms with E-state index in [0.29, 0.717) is 6.54 Å². The molecule has 1 aliphatic heterocycles. The normalized spacial score (nSPS) is 28.6. The Morgan fingerprint density at radius 2 is 1.46 bits per heavy atom. The van der Waals surface area contributed by atoms with E-state index in [1.54, 1.807) is 0 Å². The molecule has 1 heterocycles. The maximum atomic E-state index is 10.7. The number of hydrogen-bond acceptors (Lipinski definition) is 5. The molecule has 7 nitrogen and oxygen atoms in total. The largest absolute Gasteiger partial charge is 0.481 e. The van der Waals surface area contributed by atoms with E-state index < -0.39 is 17.5 Å². The number of nitrogens with zero attached hydrogens (tertiary/aromatic N) is 1. The molecule has 0 radical (unpaired) electrons. The third kappa shape index (κ3) is 4.91. The topological polar surface area (TPSA) is 118 Å². The molecule has 24 heavy (non-hydrogen) atoms. The monoisotopic (exact) mass is 347 g/mol. The molecule has 0 bridgehead atoms. The smallest absolute Gasteiger partial charge is 0.303 e. The van der Waals surface area contributed by atoms with Crippen LogP contribution in [0.25, 0.3) is 0 Å². The van der Waals surface area contributed by atoms with Crippen molar-refractivity contribution in [3.05, 3.63) is 0 Å². The standard InChI is InChI=1S/C13H27NO2.C4H6O4/c1-10-9-14(7-8-15)12(4,5)11(2,3)13(10,6)16;5-3(6)1-2-4(7)8/h10,15-16H,7-9H2,1-6H3;1-2H2,(H,5,6)(H,7,8). The van der Waals surface area contributed by atoms with Gasteiger partial charge in [0.25, 0.3) is 0 Å². The molecular weight excluding hydrogens is 314 g/mol. The number of carbonyl (C=O) groups is 2. The Morgan fingerprint density at radius 3 is 1.79 bits per heavy atom. The highest BCUT2D eigenvalue weighted by Gasteiger charge is 2.58. The van der Waals surface area contributed by atoms with Crippen LogP contribution in [0.5, 0.6) is 0 Å². The first-order chi connectivity index (χ1) is 10.7. The van der Waals surface area contributed by atoms with Crippen LogP contribution in [-0.2, 0) is 9.59 Å². The summed E-state index contributed by atoms with van der Waals surface area (Å²) < 4.78 is 0. The lowest BCUT2D eigenvalue weighted by molar-refractivity contribution is -0.202. The van der Waals surface area contributed by atoms with E-state index in [1.807, 2.05) is 6.92 Å². The first-order valence-corrected chi connectivity index (χ1v) is 8.23. The molecule has 0 aliphatic carbocycles. The number of carboxylic acids is 2. The molecule has 0 aromatic carbocycles. The number of β-amino-alcohol motifs (C(OH)–C–C–N with tert-alkyl or cyclic N) is 1. The van der Waals surface area contributed by atoms with Crippen LogP contribution in [0.3, 0.4) is 0 Å². The van der Waals surface area contributed by atoms with Crippen molar-refractivity contribution < 1.29 is 30.0 Å². The minimum absolute atomic E-state index is 0.119. The van der Waals surface area contributed by atoms with Gasteiger partial charge < -0.3 is 20.4 Å². The van der Waals surface area contributed by atoms with Gasteiger partial charge in [0, 0.05) is 24.0 Å². The molecule has 2 unspecified atom stereocenters. The molecule has 0 aromatic rings. The molecule has 1 saturated heterocycles. The number of aliphatic hydroxyl groups is 2. The van der Waals surface area contributed by atoms with Gasteiger partial charge in [-0.1, -0.05) is 20.8 Å². The second kappa shape index (κ2) is 8.27. The quantitative estimate of drug-likeness (QED) is 0.594. The number of carboxylic acid groups (broad SMARTS) is 2. The van der Waals surface area contributed by atoms with Gasteiger partial charge in [-0.2, -0.15) is 0 Å². The Labute approximate surface area is 144 Å². The molecule has 1 aliphatic rings. The SMILES string of the molecule is CC1CN(CCO)C(C)(C)C(C)(C)C1(C)O.O=C(O)CCC(=O)O. The van der Waals surface area contributed by atoms with Gasteiger partial charge >= 0.3 is 11.9 Å². The molecule has 142 valence electrons. The maximum Gasteiger partial charge on any atom is 0.303 e.